The Morgan fingerprint density at radius 1 is 1.22 bits per heavy atom. The van der Waals surface area contributed by atoms with Crippen molar-refractivity contribution in [3.63, 3.8) is 0 Å². The van der Waals surface area contributed by atoms with E-state index >= 15 is 0 Å². The normalized spacial score (nSPS) is 22.1. The minimum atomic E-state index is -0.159. The average Bonchev–Trinajstić information content (AvgIpc) is 3.05. The van der Waals surface area contributed by atoms with Gasteiger partial charge in [-0.25, -0.2) is 0 Å². The fraction of sp³-hybridized carbons (Fsp3) is 0.435. The lowest BCUT2D eigenvalue weighted by atomic mass is 9.69. The maximum Gasteiger partial charge on any atom is 0.256 e. The zero-order valence-corrected chi connectivity index (χ0v) is 17.2. The molecule has 0 saturated heterocycles. The predicted molar refractivity (Wildman–Crippen MR) is 114 cm³/mol. The standard InChI is InChI=1S/C23H28N2OS/c1-4-23(2,3)16-11-12-17-18(14-16)27-22-20(17)21(26)24-19(25-22)13-10-15-8-6-5-7-9-15/h5-10,13,16,19,25H,4,11-12,14H2,1-3H3,(H,24,26)/b13-10+/t16-,19+/m1/s1. The molecule has 1 aromatic heterocycles. The Bertz CT molecular complexity index is 866. The first kappa shape index (κ1) is 18.3. The smallest absolute Gasteiger partial charge is 0.256 e. The fourth-order valence-electron chi connectivity index (χ4n) is 4.14. The van der Waals surface area contributed by atoms with Gasteiger partial charge in [0.15, 0.2) is 0 Å². The van der Waals surface area contributed by atoms with E-state index in [0.717, 1.165) is 29.0 Å². The largest absolute Gasteiger partial charge is 0.353 e. The van der Waals surface area contributed by atoms with Crippen molar-refractivity contribution in [3.8, 4) is 0 Å². The van der Waals surface area contributed by atoms with Gasteiger partial charge in [-0.2, -0.15) is 0 Å². The first-order valence-electron chi connectivity index (χ1n) is 9.93. The molecule has 2 aliphatic rings. The maximum absolute atomic E-state index is 12.8. The van der Waals surface area contributed by atoms with E-state index in [1.807, 2.05) is 24.3 Å². The summed E-state index contributed by atoms with van der Waals surface area (Å²) in [7, 11) is 0. The summed E-state index contributed by atoms with van der Waals surface area (Å²) < 4.78 is 0. The Morgan fingerprint density at radius 3 is 2.74 bits per heavy atom. The second kappa shape index (κ2) is 7.16. The van der Waals surface area contributed by atoms with Crippen LogP contribution in [0.1, 0.15) is 60.0 Å². The van der Waals surface area contributed by atoms with E-state index in [2.05, 4.69) is 49.6 Å². The maximum atomic E-state index is 12.8. The number of anilines is 1. The lowest BCUT2D eigenvalue weighted by Crippen LogP contribution is -2.43. The monoisotopic (exact) mass is 380 g/mol. The number of nitrogens with one attached hydrogen (secondary N) is 2. The average molecular weight is 381 g/mol. The van der Waals surface area contributed by atoms with Gasteiger partial charge in [-0.3, -0.25) is 4.79 Å². The van der Waals surface area contributed by atoms with E-state index in [1.165, 1.54) is 23.3 Å². The molecular formula is C23H28N2OS. The van der Waals surface area contributed by atoms with Gasteiger partial charge in [0.25, 0.3) is 5.91 Å². The van der Waals surface area contributed by atoms with Gasteiger partial charge in [0.05, 0.1) is 5.56 Å². The quantitative estimate of drug-likeness (QED) is 0.737. The lowest BCUT2D eigenvalue weighted by Gasteiger charge is -2.36. The summed E-state index contributed by atoms with van der Waals surface area (Å²) in [5.74, 6) is 0.768. The summed E-state index contributed by atoms with van der Waals surface area (Å²) >= 11 is 1.79. The second-order valence-electron chi connectivity index (χ2n) is 8.36. The molecule has 3 nitrogen and oxygen atoms in total. The third-order valence-corrected chi connectivity index (χ3v) is 7.55. The van der Waals surface area contributed by atoms with Crippen LogP contribution in [0.5, 0.6) is 0 Å². The van der Waals surface area contributed by atoms with Gasteiger partial charge < -0.3 is 10.6 Å². The summed E-state index contributed by atoms with van der Waals surface area (Å²) in [6.07, 6.45) is 8.43. The van der Waals surface area contributed by atoms with Crippen LogP contribution in [0.3, 0.4) is 0 Å². The first-order valence-corrected chi connectivity index (χ1v) is 10.7. The summed E-state index contributed by atoms with van der Waals surface area (Å²) in [5, 5.41) is 7.67. The molecule has 2 heterocycles. The molecule has 0 spiro atoms. The Labute approximate surface area is 165 Å². The van der Waals surface area contributed by atoms with Crippen molar-refractivity contribution in [2.45, 2.75) is 52.6 Å². The highest BCUT2D eigenvalue weighted by Crippen LogP contribution is 2.46. The van der Waals surface area contributed by atoms with Crippen LogP contribution in [0.15, 0.2) is 36.4 Å². The number of carbonyl (C=O) groups excluding carboxylic acids is 1. The highest BCUT2D eigenvalue weighted by atomic mass is 32.1. The van der Waals surface area contributed by atoms with E-state index in [1.54, 1.807) is 11.3 Å². The van der Waals surface area contributed by atoms with Crippen LogP contribution < -0.4 is 10.6 Å². The molecule has 27 heavy (non-hydrogen) atoms. The van der Waals surface area contributed by atoms with E-state index in [-0.39, 0.29) is 12.1 Å². The molecule has 0 saturated carbocycles. The van der Waals surface area contributed by atoms with Crippen molar-refractivity contribution in [2.75, 3.05) is 5.32 Å². The number of carbonyl (C=O) groups is 1. The second-order valence-corrected chi connectivity index (χ2v) is 9.46. The first-order chi connectivity index (χ1) is 13.0. The number of benzene rings is 1. The van der Waals surface area contributed by atoms with E-state index in [4.69, 9.17) is 0 Å². The minimum absolute atomic E-state index is 0.0668. The Balaban J connectivity index is 1.55. The highest BCUT2D eigenvalue weighted by molar-refractivity contribution is 7.16. The van der Waals surface area contributed by atoms with Crippen LogP contribution in [-0.4, -0.2) is 12.1 Å². The van der Waals surface area contributed by atoms with Crippen molar-refractivity contribution in [2.24, 2.45) is 11.3 Å². The third kappa shape index (κ3) is 3.55. The van der Waals surface area contributed by atoms with Crippen molar-refractivity contribution < 1.29 is 4.79 Å². The van der Waals surface area contributed by atoms with Crippen LogP contribution in [0, 0.1) is 11.3 Å². The van der Waals surface area contributed by atoms with Gasteiger partial charge >= 0.3 is 0 Å². The summed E-state index contributed by atoms with van der Waals surface area (Å²) in [4.78, 5) is 14.2. The SMILES string of the molecule is CCC(C)(C)[C@@H]1CCc2c(sc3c2C(=O)N[C@H](/C=C/c2ccccc2)N3)C1. The van der Waals surface area contributed by atoms with Gasteiger partial charge in [-0.15, -0.1) is 11.3 Å². The zero-order chi connectivity index (χ0) is 19.0. The van der Waals surface area contributed by atoms with Crippen molar-refractivity contribution in [3.05, 3.63) is 58.0 Å². The highest BCUT2D eigenvalue weighted by Gasteiger charge is 2.36. The molecule has 1 aliphatic heterocycles. The van der Waals surface area contributed by atoms with Crippen LogP contribution >= 0.6 is 11.3 Å². The van der Waals surface area contributed by atoms with Gasteiger partial charge in [0.2, 0.25) is 0 Å². The molecule has 2 atom stereocenters. The fourth-order valence-corrected chi connectivity index (χ4v) is 5.50. The zero-order valence-electron chi connectivity index (χ0n) is 16.3. The van der Waals surface area contributed by atoms with Crippen molar-refractivity contribution in [1.82, 2.24) is 5.32 Å². The number of fused-ring (bicyclic) bond motifs is 3. The summed E-state index contributed by atoms with van der Waals surface area (Å²) in [6.45, 7) is 7.05. The summed E-state index contributed by atoms with van der Waals surface area (Å²) in [5.41, 5.74) is 3.67. The number of amides is 1. The van der Waals surface area contributed by atoms with Gasteiger partial charge in [-0.1, -0.05) is 63.6 Å². The summed E-state index contributed by atoms with van der Waals surface area (Å²) in [6, 6.07) is 10.2. The number of hydrogen-bond donors (Lipinski definition) is 2. The molecule has 2 aromatic rings. The van der Waals surface area contributed by atoms with E-state index in [9.17, 15) is 4.79 Å². The van der Waals surface area contributed by atoms with Crippen LogP contribution in [0.25, 0.3) is 6.08 Å². The predicted octanol–water partition coefficient (Wildman–Crippen LogP) is 5.48. The Kier molecular flexibility index (Phi) is 4.85. The van der Waals surface area contributed by atoms with Crippen LogP contribution in [-0.2, 0) is 12.8 Å². The Morgan fingerprint density at radius 2 is 2.00 bits per heavy atom. The topological polar surface area (TPSA) is 41.1 Å². The molecule has 2 N–H and O–H groups in total. The van der Waals surface area contributed by atoms with Crippen molar-refractivity contribution >= 4 is 28.3 Å². The van der Waals surface area contributed by atoms with Gasteiger partial charge in [-0.05, 0) is 47.8 Å². The van der Waals surface area contributed by atoms with E-state index in [0.29, 0.717) is 11.3 Å². The number of hydrogen-bond acceptors (Lipinski definition) is 3. The number of rotatable bonds is 4. The molecule has 142 valence electrons. The number of thiophene rings is 1. The molecular weight excluding hydrogens is 352 g/mol. The van der Waals surface area contributed by atoms with Crippen LogP contribution in [0.4, 0.5) is 5.00 Å². The molecule has 0 radical (unpaired) electrons. The van der Waals surface area contributed by atoms with Gasteiger partial charge in [0.1, 0.15) is 11.2 Å². The molecule has 1 aliphatic carbocycles. The van der Waals surface area contributed by atoms with E-state index < -0.39 is 0 Å². The van der Waals surface area contributed by atoms with Crippen molar-refractivity contribution in [1.29, 1.82) is 0 Å². The molecule has 0 unspecified atom stereocenters. The molecule has 0 fully saturated rings. The van der Waals surface area contributed by atoms with Gasteiger partial charge in [0, 0.05) is 4.88 Å². The lowest BCUT2D eigenvalue weighted by molar-refractivity contribution is 0.0942. The molecule has 4 rings (SSSR count). The molecule has 1 amide bonds. The van der Waals surface area contributed by atoms with Crippen LogP contribution in [0.2, 0.25) is 0 Å². The third-order valence-electron chi connectivity index (χ3n) is 6.36. The molecule has 1 aromatic carbocycles. The molecule has 4 heteroatoms. The Hall–Kier alpha value is -2.07. The molecule has 0 bridgehead atoms. The minimum Gasteiger partial charge on any atom is -0.353 e.